The van der Waals surface area contributed by atoms with Gasteiger partial charge in [-0.1, -0.05) is 133 Å². The van der Waals surface area contributed by atoms with E-state index in [-0.39, 0.29) is 0 Å². The molecule has 0 aliphatic rings. The quantitative estimate of drug-likeness (QED) is 0.163. The van der Waals surface area contributed by atoms with Gasteiger partial charge in [0.1, 0.15) is 11.2 Å². The maximum atomic E-state index is 6.53. The molecule has 9 rings (SSSR count). The van der Waals surface area contributed by atoms with Crippen LogP contribution in [0.5, 0.6) is 0 Å². The number of para-hydroxylation sites is 2. The van der Waals surface area contributed by atoms with Crippen LogP contribution in [0.4, 0.5) is 0 Å². The summed E-state index contributed by atoms with van der Waals surface area (Å²) in [4.78, 5) is 0. The highest BCUT2D eigenvalue weighted by atomic mass is 16.3. The molecule has 0 aliphatic carbocycles. The summed E-state index contributed by atoms with van der Waals surface area (Å²) < 4.78 is 6.53. The second-order valence-electron chi connectivity index (χ2n) is 10.8. The zero-order valence-corrected chi connectivity index (χ0v) is 22.3. The number of fused-ring (bicyclic) bond motifs is 8. The maximum Gasteiger partial charge on any atom is 0.143 e. The number of benzene rings is 8. The molecule has 0 N–H and O–H groups in total. The molecule has 0 spiro atoms. The van der Waals surface area contributed by atoms with E-state index >= 15 is 0 Å². The summed E-state index contributed by atoms with van der Waals surface area (Å²) in [6, 6.07) is 52.6. The third-order valence-electron chi connectivity index (χ3n) is 8.64. The molecular weight excluding hydrogens is 496 g/mol. The van der Waals surface area contributed by atoms with Crippen LogP contribution in [0.15, 0.2) is 150 Å². The van der Waals surface area contributed by atoms with Gasteiger partial charge in [-0.15, -0.1) is 0 Å². The van der Waals surface area contributed by atoms with Crippen LogP contribution in [0.2, 0.25) is 0 Å². The van der Waals surface area contributed by atoms with Crippen molar-refractivity contribution < 1.29 is 4.42 Å². The smallest absolute Gasteiger partial charge is 0.143 e. The third-order valence-corrected chi connectivity index (χ3v) is 8.64. The number of rotatable bonds is 2. The van der Waals surface area contributed by atoms with E-state index in [0.29, 0.717) is 0 Å². The van der Waals surface area contributed by atoms with Crippen molar-refractivity contribution in [2.75, 3.05) is 0 Å². The number of furan rings is 1. The first kappa shape index (κ1) is 22.4. The molecule has 0 aliphatic heterocycles. The lowest BCUT2D eigenvalue weighted by molar-refractivity contribution is 0.670. The molecule has 1 aromatic heterocycles. The Bertz CT molecular complexity index is 2420. The molecule has 0 unspecified atom stereocenters. The van der Waals surface area contributed by atoms with E-state index in [0.717, 1.165) is 27.5 Å². The van der Waals surface area contributed by atoms with Crippen LogP contribution in [0.1, 0.15) is 0 Å². The second-order valence-corrected chi connectivity index (χ2v) is 10.8. The van der Waals surface area contributed by atoms with Crippen molar-refractivity contribution in [3.63, 3.8) is 0 Å². The summed E-state index contributed by atoms with van der Waals surface area (Å²) in [6.07, 6.45) is 0. The minimum atomic E-state index is 0.920. The summed E-state index contributed by atoms with van der Waals surface area (Å²) in [7, 11) is 0. The topological polar surface area (TPSA) is 13.1 Å². The number of hydrogen-bond donors (Lipinski definition) is 0. The van der Waals surface area contributed by atoms with E-state index in [2.05, 4.69) is 140 Å². The van der Waals surface area contributed by atoms with Crippen molar-refractivity contribution in [3.05, 3.63) is 146 Å². The van der Waals surface area contributed by atoms with Gasteiger partial charge in [-0.2, -0.15) is 0 Å². The van der Waals surface area contributed by atoms with Crippen LogP contribution >= 0.6 is 0 Å². The Morgan fingerprint density at radius 1 is 0.341 bits per heavy atom. The molecule has 190 valence electrons. The molecule has 0 radical (unpaired) electrons. The summed E-state index contributed by atoms with van der Waals surface area (Å²) >= 11 is 0. The Morgan fingerprint density at radius 2 is 0.902 bits per heavy atom. The van der Waals surface area contributed by atoms with Gasteiger partial charge in [0.2, 0.25) is 0 Å². The average molecular weight is 521 g/mol. The van der Waals surface area contributed by atoms with Crippen LogP contribution in [0, 0.1) is 0 Å². The Balaban J connectivity index is 1.39. The molecule has 0 atom stereocenters. The van der Waals surface area contributed by atoms with Gasteiger partial charge in [0.05, 0.1) is 0 Å². The SMILES string of the molecule is c1ccc2c(c1)ccc1cc(-c3c4ccccc4c(-c4cccc5c4oc4ccccc45)c4ccccc34)ccc12. The van der Waals surface area contributed by atoms with Crippen LogP contribution < -0.4 is 0 Å². The number of hydrogen-bond acceptors (Lipinski definition) is 1. The lowest BCUT2D eigenvalue weighted by Gasteiger charge is -2.18. The molecule has 0 fully saturated rings. The van der Waals surface area contributed by atoms with Crippen molar-refractivity contribution in [2.45, 2.75) is 0 Å². The molecular formula is C40H24O. The summed E-state index contributed by atoms with van der Waals surface area (Å²) in [5, 5.41) is 12.4. The van der Waals surface area contributed by atoms with Crippen molar-refractivity contribution in [2.24, 2.45) is 0 Å². The second kappa shape index (κ2) is 8.55. The third kappa shape index (κ3) is 3.24. The molecule has 0 saturated carbocycles. The Kier molecular flexibility index (Phi) is 4.67. The largest absolute Gasteiger partial charge is 0.455 e. The molecule has 1 heterocycles. The van der Waals surface area contributed by atoms with Crippen molar-refractivity contribution in [1.29, 1.82) is 0 Å². The van der Waals surface area contributed by atoms with Gasteiger partial charge >= 0.3 is 0 Å². The maximum absolute atomic E-state index is 6.53. The van der Waals surface area contributed by atoms with Crippen LogP contribution in [0.3, 0.4) is 0 Å². The predicted octanol–water partition coefficient (Wildman–Crippen LogP) is 11.5. The molecule has 8 aromatic carbocycles. The highest BCUT2D eigenvalue weighted by Gasteiger charge is 2.20. The summed E-state index contributed by atoms with van der Waals surface area (Å²) in [5.41, 5.74) is 6.71. The van der Waals surface area contributed by atoms with Gasteiger partial charge in [0, 0.05) is 21.9 Å². The van der Waals surface area contributed by atoms with Crippen molar-refractivity contribution in [1.82, 2.24) is 0 Å². The van der Waals surface area contributed by atoms with Crippen LogP contribution in [0.25, 0.3) is 87.3 Å². The van der Waals surface area contributed by atoms with Crippen LogP contribution in [-0.4, -0.2) is 0 Å². The first-order valence-electron chi connectivity index (χ1n) is 14.1. The minimum Gasteiger partial charge on any atom is -0.455 e. The summed E-state index contributed by atoms with van der Waals surface area (Å²) in [5.74, 6) is 0. The normalized spacial score (nSPS) is 11.9. The fraction of sp³-hybridized carbons (Fsp3) is 0. The molecule has 1 heteroatoms. The highest BCUT2D eigenvalue weighted by molar-refractivity contribution is 6.24. The van der Waals surface area contributed by atoms with E-state index in [1.54, 1.807) is 0 Å². The predicted molar refractivity (Wildman–Crippen MR) is 175 cm³/mol. The van der Waals surface area contributed by atoms with Gasteiger partial charge in [0.15, 0.2) is 0 Å². The summed E-state index contributed by atoms with van der Waals surface area (Å²) in [6.45, 7) is 0. The molecule has 0 amide bonds. The minimum absolute atomic E-state index is 0.920. The van der Waals surface area contributed by atoms with E-state index in [1.807, 2.05) is 6.07 Å². The fourth-order valence-corrected chi connectivity index (χ4v) is 6.84. The lowest BCUT2D eigenvalue weighted by atomic mass is 9.85. The first-order valence-corrected chi connectivity index (χ1v) is 14.1. The Morgan fingerprint density at radius 3 is 1.66 bits per heavy atom. The van der Waals surface area contributed by atoms with Crippen molar-refractivity contribution >= 4 is 65.0 Å². The molecule has 1 nitrogen and oxygen atoms in total. The zero-order chi connectivity index (χ0) is 26.9. The van der Waals surface area contributed by atoms with E-state index in [9.17, 15) is 0 Å². The Labute approximate surface area is 236 Å². The molecule has 9 aromatic rings. The van der Waals surface area contributed by atoms with Crippen molar-refractivity contribution in [3.8, 4) is 22.3 Å². The van der Waals surface area contributed by atoms with Crippen LogP contribution in [-0.2, 0) is 0 Å². The average Bonchev–Trinajstić information content (AvgIpc) is 3.42. The highest BCUT2D eigenvalue weighted by Crippen LogP contribution is 2.46. The van der Waals surface area contributed by atoms with E-state index < -0.39 is 0 Å². The molecule has 41 heavy (non-hydrogen) atoms. The molecule has 0 saturated heterocycles. The monoisotopic (exact) mass is 520 g/mol. The fourth-order valence-electron chi connectivity index (χ4n) is 6.84. The van der Waals surface area contributed by atoms with Gasteiger partial charge < -0.3 is 4.42 Å². The molecule has 0 bridgehead atoms. The van der Waals surface area contributed by atoms with Gasteiger partial charge in [-0.25, -0.2) is 0 Å². The Hall–Kier alpha value is -5.40. The van der Waals surface area contributed by atoms with E-state index in [1.165, 1.54) is 59.8 Å². The standard InChI is InChI=1S/C40H24O/c1-2-11-28-25(10-1)20-21-26-24-27(22-23-29(26)28)38-31-13-3-5-15-33(31)39(34-16-6-4-14-32(34)38)36-18-9-17-35-30-12-7-8-19-37(30)41-40(35)36/h1-24H. The lowest BCUT2D eigenvalue weighted by Crippen LogP contribution is -1.91. The zero-order valence-electron chi connectivity index (χ0n) is 22.3. The first-order chi connectivity index (χ1) is 20.3. The van der Waals surface area contributed by atoms with Gasteiger partial charge in [-0.3, -0.25) is 0 Å². The van der Waals surface area contributed by atoms with E-state index in [4.69, 9.17) is 4.42 Å². The van der Waals surface area contributed by atoms with Gasteiger partial charge in [0.25, 0.3) is 0 Å². The van der Waals surface area contributed by atoms with Gasteiger partial charge in [-0.05, 0) is 66.3 Å².